The van der Waals surface area contributed by atoms with Gasteiger partial charge < -0.3 is 14.6 Å². The van der Waals surface area contributed by atoms with Crippen molar-refractivity contribution in [1.29, 1.82) is 0 Å². The van der Waals surface area contributed by atoms with E-state index in [1.807, 2.05) is 78.4 Å². The Morgan fingerprint density at radius 1 is 0.914 bits per heavy atom. The van der Waals surface area contributed by atoms with E-state index in [-0.39, 0.29) is 18.3 Å². The highest BCUT2D eigenvalue weighted by Crippen LogP contribution is 2.37. The second-order valence-electron chi connectivity index (χ2n) is 8.72. The lowest BCUT2D eigenvalue weighted by Crippen LogP contribution is -2.41. The maximum absolute atomic E-state index is 14.0. The molecule has 0 radical (unpaired) electrons. The fourth-order valence-electron chi connectivity index (χ4n) is 4.57. The Morgan fingerprint density at radius 2 is 1.54 bits per heavy atom. The van der Waals surface area contributed by atoms with E-state index >= 15 is 0 Å². The standard InChI is InChI=1S/C29H37N3O3/c1-4-7-8-15-20-32-22-25(30-26(32)21-27(33)35-6-3)31-28(34)29(5-2,23-16-11-9-12-17-23)24-18-13-10-14-19-24/h9-14,16-19,22H,4-8,15,20-21H2,1-3H3,(H,31,34). The maximum Gasteiger partial charge on any atom is 0.313 e. The summed E-state index contributed by atoms with van der Waals surface area (Å²) in [6, 6.07) is 19.7. The molecule has 0 atom stereocenters. The number of ether oxygens (including phenoxy) is 1. The molecular formula is C29H37N3O3. The first-order chi connectivity index (χ1) is 17.0. The van der Waals surface area contributed by atoms with Crippen molar-refractivity contribution in [2.24, 2.45) is 0 Å². The zero-order valence-electron chi connectivity index (χ0n) is 21.1. The van der Waals surface area contributed by atoms with Crippen LogP contribution in [0.5, 0.6) is 0 Å². The fourth-order valence-corrected chi connectivity index (χ4v) is 4.57. The Balaban J connectivity index is 1.93. The number of aryl methyl sites for hydroxylation is 1. The monoisotopic (exact) mass is 475 g/mol. The molecule has 0 bridgehead atoms. The first-order valence-electron chi connectivity index (χ1n) is 12.7. The molecule has 1 aromatic heterocycles. The van der Waals surface area contributed by atoms with Crippen molar-refractivity contribution in [1.82, 2.24) is 9.55 Å². The van der Waals surface area contributed by atoms with Gasteiger partial charge in [-0.05, 0) is 30.9 Å². The van der Waals surface area contributed by atoms with Crippen molar-refractivity contribution in [2.45, 2.75) is 71.3 Å². The van der Waals surface area contributed by atoms with Gasteiger partial charge in [0.15, 0.2) is 5.82 Å². The summed E-state index contributed by atoms with van der Waals surface area (Å²) in [7, 11) is 0. The van der Waals surface area contributed by atoms with E-state index in [2.05, 4.69) is 17.2 Å². The number of carbonyl (C=O) groups excluding carboxylic acids is 2. The molecule has 0 aliphatic carbocycles. The van der Waals surface area contributed by atoms with E-state index in [1.54, 1.807) is 6.92 Å². The molecule has 1 amide bonds. The van der Waals surface area contributed by atoms with Crippen molar-refractivity contribution in [3.8, 4) is 0 Å². The normalized spacial score (nSPS) is 11.3. The molecule has 0 unspecified atom stereocenters. The van der Waals surface area contributed by atoms with Crippen LogP contribution in [0.2, 0.25) is 0 Å². The number of anilines is 1. The molecule has 1 heterocycles. The SMILES string of the molecule is CCCCCCn1cc(NC(=O)C(CC)(c2ccccc2)c2ccccc2)nc1CC(=O)OCC. The number of aromatic nitrogens is 2. The van der Waals surface area contributed by atoms with Crippen LogP contribution in [0, 0.1) is 0 Å². The molecule has 0 fully saturated rings. The highest BCUT2D eigenvalue weighted by atomic mass is 16.5. The fraction of sp³-hybridized carbons (Fsp3) is 0.414. The number of nitrogens with one attached hydrogen (secondary N) is 1. The number of rotatable bonds is 13. The third kappa shape index (κ3) is 6.38. The van der Waals surface area contributed by atoms with Gasteiger partial charge in [-0.25, -0.2) is 4.98 Å². The average Bonchev–Trinajstić information content (AvgIpc) is 3.24. The summed E-state index contributed by atoms with van der Waals surface area (Å²) in [5.74, 6) is 0.601. The Hall–Kier alpha value is -3.41. The van der Waals surface area contributed by atoms with Gasteiger partial charge in [0.25, 0.3) is 0 Å². The van der Waals surface area contributed by atoms with Crippen molar-refractivity contribution < 1.29 is 14.3 Å². The lowest BCUT2D eigenvalue weighted by molar-refractivity contribution is -0.142. The van der Waals surface area contributed by atoms with Crippen LogP contribution in [0.25, 0.3) is 0 Å². The minimum absolute atomic E-state index is 0.0772. The first kappa shape index (κ1) is 26.2. The molecule has 6 heteroatoms. The number of esters is 1. The summed E-state index contributed by atoms with van der Waals surface area (Å²) in [5, 5.41) is 3.08. The van der Waals surface area contributed by atoms with E-state index in [0.717, 1.165) is 36.9 Å². The minimum Gasteiger partial charge on any atom is -0.466 e. The van der Waals surface area contributed by atoms with Crippen LogP contribution >= 0.6 is 0 Å². The summed E-state index contributed by atoms with van der Waals surface area (Å²) in [6.07, 6.45) is 6.91. The van der Waals surface area contributed by atoms with Crippen LogP contribution < -0.4 is 5.32 Å². The second kappa shape index (κ2) is 12.9. The first-order valence-corrected chi connectivity index (χ1v) is 12.7. The van der Waals surface area contributed by atoms with E-state index in [0.29, 0.717) is 24.7 Å². The molecule has 35 heavy (non-hydrogen) atoms. The maximum atomic E-state index is 14.0. The summed E-state index contributed by atoms with van der Waals surface area (Å²) in [5.41, 5.74) is 0.989. The summed E-state index contributed by atoms with van der Waals surface area (Å²) < 4.78 is 7.11. The van der Waals surface area contributed by atoms with Gasteiger partial charge >= 0.3 is 5.97 Å². The third-order valence-corrected chi connectivity index (χ3v) is 6.41. The molecule has 0 aliphatic heterocycles. The van der Waals surface area contributed by atoms with Crippen molar-refractivity contribution in [2.75, 3.05) is 11.9 Å². The van der Waals surface area contributed by atoms with Crippen LogP contribution in [-0.4, -0.2) is 28.0 Å². The molecule has 6 nitrogen and oxygen atoms in total. The molecule has 0 saturated carbocycles. The summed E-state index contributed by atoms with van der Waals surface area (Å²) in [4.78, 5) is 30.8. The number of unbranched alkanes of at least 4 members (excludes halogenated alkanes) is 3. The van der Waals surface area contributed by atoms with Crippen molar-refractivity contribution in [3.63, 3.8) is 0 Å². The largest absolute Gasteiger partial charge is 0.466 e. The predicted molar refractivity (Wildman–Crippen MR) is 139 cm³/mol. The highest BCUT2D eigenvalue weighted by Gasteiger charge is 2.40. The van der Waals surface area contributed by atoms with E-state index < -0.39 is 5.41 Å². The highest BCUT2D eigenvalue weighted by molar-refractivity contribution is 6.01. The molecule has 0 spiro atoms. The molecule has 186 valence electrons. The lowest BCUT2D eigenvalue weighted by atomic mass is 9.71. The van der Waals surface area contributed by atoms with Crippen LogP contribution in [0.4, 0.5) is 5.82 Å². The molecule has 0 saturated heterocycles. The Bertz CT molecular complexity index is 1040. The van der Waals surface area contributed by atoms with Crippen LogP contribution in [-0.2, 0) is 32.7 Å². The van der Waals surface area contributed by atoms with Gasteiger partial charge in [-0.1, -0.05) is 93.8 Å². The third-order valence-electron chi connectivity index (χ3n) is 6.41. The number of benzene rings is 2. The molecule has 3 rings (SSSR count). The average molecular weight is 476 g/mol. The lowest BCUT2D eigenvalue weighted by Gasteiger charge is -2.32. The molecule has 3 aromatic rings. The topological polar surface area (TPSA) is 73.2 Å². The van der Waals surface area contributed by atoms with Gasteiger partial charge in [0.2, 0.25) is 5.91 Å². The van der Waals surface area contributed by atoms with Gasteiger partial charge in [-0.15, -0.1) is 0 Å². The smallest absolute Gasteiger partial charge is 0.313 e. The predicted octanol–water partition coefficient (Wildman–Crippen LogP) is 5.90. The van der Waals surface area contributed by atoms with Gasteiger partial charge in [0, 0.05) is 12.7 Å². The van der Waals surface area contributed by atoms with Gasteiger partial charge in [-0.2, -0.15) is 0 Å². The van der Waals surface area contributed by atoms with E-state index in [1.165, 1.54) is 6.42 Å². The van der Waals surface area contributed by atoms with E-state index in [9.17, 15) is 9.59 Å². The zero-order valence-corrected chi connectivity index (χ0v) is 21.1. The zero-order chi connectivity index (χ0) is 25.1. The summed E-state index contributed by atoms with van der Waals surface area (Å²) in [6.45, 7) is 7.06. The number of nitrogens with zero attached hydrogens (tertiary/aromatic N) is 2. The van der Waals surface area contributed by atoms with Crippen molar-refractivity contribution in [3.05, 3.63) is 83.8 Å². The minimum atomic E-state index is -0.866. The van der Waals surface area contributed by atoms with Gasteiger partial charge in [0.1, 0.15) is 12.2 Å². The molecule has 1 N–H and O–H groups in total. The molecule has 2 aromatic carbocycles. The Kier molecular flexibility index (Phi) is 9.65. The quantitative estimate of drug-likeness (QED) is 0.247. The van der Waals surface area contributed by atoms with Crippen LogP contribution in [0.1, 0.15) is 69.8 Å². The van der Waals surface area contributed by atoms with E-state index in [4.69, 9.17) is 4.74 Å². The Morgan fingerprint density at radius 3 is 2.09 bits per heavy atom. The van der Waals surface area contributed by atoms with Crippen LogP contribution in [0.3, 0.4) is 0 Å². The van der Waals surface area contributed by atoms with Gasteiger partial charge in [-0.3, -0.25) is 9.59 Å². The van der Waals surface area contributed by atoms with Gasteiger partial charge in [0.05, 0.1) is 12.0 Å². The van der Waals surface area contributed by atoms with Crippen LogP contribution in [0.15, 0.2) is 66.9 Å². The number of amides is 1. The molecular weight excluding hydrogens is 438 g/mol. The Labute approximate surface area is 208 Å². The summed E-state index contributed by atoms with van der Waals surface area (Å²) >= 11 is 0. The number of carbonyl (C=O) groups is 2. The van der Waals surface area contributed by atoms with Crippen molar-refractivity contribution >= 4 is 17.7 Å². The number of hydrogen-bond acceptors (Lipinski definition) is 4. The number of hydrogen-bond donors (Lipinski definition) is 1. The number of imidazole rings is 1. The molecule has 0 aliphatic rings. The second-order valence-corrected chi connectivity index (χ2v) is 8.72.